The summed E-state index contributed by atoms with van der Waals surface area (Å²) in [5, 5.41) is 12.7. The van der Waals surface area contributed by atoms with Gasteiger partial charge in [0.1, 0.15) is 0 Å². The van der Waals surface area contributed by atoms with E-state index < -0.39 is 0 Å². The van der Waals surface area contributed by atoms with E-state index in [0.717, 1.165) is 5.56 Å². The fraction of sp³-hybridized carbons (Fsp3) is 0.533. The number of carbonyl (C=O) groups excluding carboxylic acids is 1. The zero-order valence-electron chi connectivity index (χ0n) is 12.3. The summed E-state index contributed by atoms with van der Waals surface area (Å²) in [7, 11) is 1.52. The van der Waals surface area contributed by atoms with Gasteiger partial charge in [0.15, 0.2) is 11.5 Å². The Kier molecular flexibility index (Phi) is 5.83. The molecule has 0 aliphatic carbocycles. The van der Waals surface area contributed by atoms with E-state index in [1.807, 2.05) is 11.0 Å². The average molecular weight is 294 g/mol. The number of ether oxygens (including phenoxy) is 2. The molecule has 0 unspecified atom stereocenters. The van der Waals surface area contributed by atoms with Gasteiger partial charge in [-0.3, -0.25) is 4.79 Å². The first-order chi connectivity index (χ1) is 10.2. The molecule has 0 atom stereocenters. The number of aromatic hydroxyl groups is 1. The lowest BCUT2D eigenvalue weighted by molar-refractivity contribution is -0.135. The first-order valence-corrected chi connectivity index (χ1v) is 7.13. The SMILES string of the molecule is COc1cc(CNCCC(=O)N2CCOCC2)ccc1O. The zero-order chi connectivity index (χ0) is 15.1. The molecule has 1 aromatic carbocycles. The monoisotopic (exact) mass is 294 g/mol. The van der Waals surface area contributed by atoms with Crippen molar-refractivity contribution in [2.24, 2.45) is 0 Å². The number of nitrogens with one attached hydrogen (secondary N) is 1. The lowest BCUT2D eigenvalue weighted by Crippen LogP contribution is -2.41. The van der Waals surface area contributed by atoms with E-state index in [0.29, 0.717) is 51.6 Å². The van der Waals surface area contributed by atoms with E-state index in [1.165, 1.54) is 7.11 Å². The van der Waals surface area contributed by atoms with Crippen LogP contribution in [0.5, 0.6) is 11.5 Å². The summed E-state index contributed by atoms with van der Waals surface area (Å²) in [4.78, 5) is 13.8. The number of carbonyl (C=O) groups is 1. The van der Waals surface area contributed by atoms with Crippen molar-refractivity contribution in [1.82, 2.24) is 10.2 Å². The largest absolute Gasteiger partial charge is 0.504 e. The van der Waals surface area contributed by atoms with E-state index in [4.69, 9.17) is 9.47 Å². The van der Waals surface area contributed by atoms with Gasteiger partial charge in [-0.05, 0) is 17.7 Å². The Labute approximate surface area is 124 Å². The Morgan fingerprint density at radius 1 is 1.43 bits per heavy atom. The molecule has 0 radical (unpaired) electrons. The third-order valence-corrected chi connectivity index (χ3v) is 3.45. The maximum absolute atomic E-state index is 11.9. The van der Waals surface area contributed by atoms with Crippen LogP contribution in [0.3, 0.4) is 0 Å². The second-order valence-electron chi connectivity index (χ2n) is 4.93. The number of benzene rings is 1. The smallest absolute Gasteiger partial charge is 0.224 e. The van der Waals surface area contributed by atoms with Crippen LogP contribution in [-0.2, 0) is 16.1 Å². The van der Waals surface area contributed by atoms with Crippen molar-refractivity contribution in [3.63, 3.8) is 0 Å². The molecule has 0 bridgehead atoms. The van der Waals surface area contributed by atoms with Crippen molar-refractivity contribution >= 4 is 5.91 Å². The number of hydrogen-bond acceptors (Lipinski definition) is 5. The summed E-state index contributed by atoms with van der Waals surface area (Å²) >= 11 is 0. The molecule has 1 aromatic rings. The Hall–Kier alpha value is -1.79. The molecule has 6 nitrogen and oxygen atoms in total. The second kappa shape index (κ2) is 7.85. The first-order valence-electron chi connectivity index (χ1n) is 7.13. The van der Waals surface area contributed by atoms with Crippen LogP contribution in [-0.4, -0.2) is 55.9 Å². The van der Waals surface area contributed by atoms with Crippen molar-refractivity contribution in [3.05, 3.63) is 23.8 Å². The van der Waals surface area contributed by atoms with Crippen LogP contribution in [0.15, 0.2) is 18.2 Å². The second-order valence-corrected chi connectivity index (χ2v) is 4.93. The minimum Gasteiger partial charge on any atom is -0.504 e. The van der Waals surface area contributed by atoms with Gasteiger partial charge in [0, 0.05) is 32.6 Å². The highest BCUT2D eigenvalue weighted by atomic mass is 16.5. The highest BCUT2D eigenvalue weighted by molar-refractivity contribution is 5.76. The van der Waals surface area contributed by atoms with Crippen molar-refractivity contribution in [2.75, 3.05) is 40.0 Å². The van der Waals surface area contributed by atoms with Crippen molar-refractivity contribution < 1.29 is 19.4 Å². The summed E-state index contributed by atoms with van der Waals surface area (Å²) in [6, 6.07) is 5.22. The third kappa shape index (κ3) is 4.61. The number of methoxy groups -OCH3 is 1. The van der Waals surface area contributed by atoms with Crippen molar-refractivity contribution in [3.8, 4) is 11.5 Å². The van der Waals surface area contributed by atoms with Crippen LogP contribution < -0.4 is 10.1 Å². The maximum atomic E-state index is 11.9. The predicted molar refractivity (Wildman–Crippen MR) is 78.4 cm³/mol. The lowest BCUT2D eigenvalue weighted by atomic mass is 10.2. The van der Waals surface area contributed by atoms with E-state index in [-0.39, 0.29) is 11.7 Å². The van der Waals surface area contributed by atoms with Gasteiger partial charge in [0.05, 0.1) is 20.3 Å². The molecule has 2 N–H and O–H groups in total. The fourth-order valence-corrected chi connectivity index (χ4v) is 2.23. The zero-order valence-corrected chi connectivity index (χ0v) is 12.3. The van der Waals surface area contributed by atoms with Crippen LogP contribution in [0.25, 0.3) is 0 Å². The minimum atomic E-state index is 0.128. The summed E-state index contributed by atoms with van der Waals surface area (Å²) in [6.07, 6.45) is 0.481. The van der Waals surface area contributed by atoms with Crippen LogP contribution in [0.4, 0.5) is 0 Å². The molecule has 1 aliphatic heterocycles. The molecule has 116 valence electrons. The summed E-state index contributed by atoms with van der Waals surface area (Å²) in [5.74, 6) is 0.747. The number of morpholine rings is 1. The van der Waals surface area contributed by atoms with Gasteiger partial charge in [-0.2, -0.15) is 0 Å². The highest BCUT2D eigenvalue weighted by Crippen LogP contribution is 2.26. The Morgan fingerprint density at radius 3 is 2.90 bits per heavy atom. The fourth-order valence-electron chi connectivity index (χ4n) is 2.23. The number of rotatable bonds is 6. The molecule has 0 aromatic heterocycles. The lowest BCUT2D eigenvalue weighted by Gasteiger charge is -2.26. The summed E-state index contributed by atoms with van der Waals surface area (Å²) < 4.78 is 10.3. The Bertz CT molecular complexity index is 473. The van der Waals surface area contributed by atoms with E-state index in [2.05, 4.69) is 5.32 Å². The van der Waals surface area contributed by atoms with Gasteiger partial charge in [-0.15, -0.1) is 0 Å². The van der Waals surface area contributed by atoms with Gasteiger partial charge in [-0.1, -0.05) is 6.07 Å². The Balaban J connectivity index is 1.70. The van der Waals surface area contributed by atoms with Gasteiger partial charge in [0.2, 0.25) is 5.91 Å². The molecular weight excluding hydrogens is 272 g/mol. The Morgan fingerprint density at radius 2 is 2.19 bits per heavy atom. The number of hydrogen-bond donors (Lipinski definition) is 2. The van der Waals surface area contributed by atoms with Crippen LogP contribution in [0.1, 0.15) is 12.0 Å². The van der Waals surface area contributed by atoms with Crippen molar-refractivity contribution in [1.29, 1.82) is 0 Å². The van der Waals surface area contributed by atoms with E-state index in [9.17, 15) is 9.90 Å². The number of phenols is 1. The molecule has 0 spiro atoms. The highest BCUT2D eigenvalue weighted by Gasteiger charge is 2.15. The van der Waals surface area contributed by atoms with Gasteiger partial charge in [0.25, 0.3) is 0 Å². The first kappa shape index (κ1) is 15.6. The van der Waals surface area contributed by atoms with Crippen LogP contribution in [0.2, 0.25) is 0 Å². The topological polar surface area (TPSA) is 71.0 Å². The molecule has 1 fully saturated rings. The third-order valence-electron chi connectivity index (χ3n) is 3.45. The van der Waals surface area contributed by atoms with Gasteiger partial charge < -0.3 is 24.8 Å². The molecule has 1 amide bonds. The quantitative estimate of drug-likeness (QED) is 0.757. The summed E-state index contributed by atoms with van der Waals surface area (Å²) in [5.41, 5.74) is 1.00. The molecule has 1 aliphatic rings. The van der Waals surface area contributed by atoms with Crippen molar-refractivity contribution in [2.45, 2.75) is 13.0 Å². The molecule has 1 heterocycles. The number of amides is 1. The normalized spacial score (nSPS) is 15.0. The molecule has 0 saturated carbocycles. The number of phenolic OH excluding ortho intramolecular Hbond substituents is 1. The molecule has 1 saturated heterocycles. The van der Waals surface area contributed by atoms with Crippen LogP contribution >= 0.6 is 0 Å². The molecule has 21 heavy (non-hydrogen) atoms. The average Bonchev–Trinajstić information content (AvgIpc) is 2.53. The van der Waals surface area contributed by atoms with Gasteiger partial charge in [-0.25, -0.2) is 0 Å². The maximum Gasteiger partial charge on any atom is 0.224 e. The molecule has 6 heteroatoms. The number of nitrogens with zero attached hydrogens (tertiary/aromatic N) is 1. The standard InChI is InChI=1S/C15H22N2O4/c1-20-14-10-12(2-3-13(14)18)11-16-5-4-15(19)17-6-8-21-9-7-17/h2-3,10,16,18H,4-9,11H2,1H3. The predicted octanol–water partition coefficient (Wildman–Crippen LogP) is 0.739. The minimum absolute atomic E-state index is 0.128. The van der Waals surface area contributed by atoms with E-state index in [1.54, 1.807) is 12.1 Å². The molecular formula is C15H22N2O4. The summed E-state index contributed by atoms with van der Waals surface area (Å²) in [6.45, 7) is 3.90. The molecule has 2 rings (SSSR count). The van der Waals surface area contributed by atoms with E-state index >= 15 is 0 Å². The van der Waals surface area contributed by atoms with Gasteiger partial charge >= 0.3 is 0 Å². The van der Waals surface area contributed by atoms with Crippen LogP contribution in [0, 0.1) is 0 Å².